The minimum Gasteiger partial charge on any atom is -0.478 e. The molecule has 3 fully saturated rings. The molecule has 0 amide bonds. The van der Waals surface area contributed by atoms with Gasteiger partial charge in [-0.05, 0) is 116 Å². The van der Waals surface area contributed by atoms with Crippen molar-refractivity contribution in [1.29, 1.82) is 0 Å². The fraction of sp³-hybridized carbons (Fsp3) is 0.698. The van der Waals surface area contributed by atoms with Crippen LogP contribution < -0.4 is 0 Å². The Morgan fingerprint density at radius 1 is 0.849 bits per heavy atom. The number of aryl methyl sites for hydroxylation is 1. The minimum atomic E-state index is -2.17. The Balaban J connectivity index is 0. The maximum Gasteiger partial charge on any atom is 0.356 e. The van der Waals surface area contributed by atoms with Crippen LogP contribution in [0, 0.1) is 17.8 Å². The average molecular weight is 894 g/mol. The van der Waals surface area contributed by atoms with E-state index in [4.69, 9.17) is 39.9 Å². The Morgan fingerprint density at radius 3 is 1.58 bits per heavy atom. The quantitative estimate of drug-likeness (QED) is 0.173. The molecule has 10 heteroatoms. The van der Waals surface area contributed by atoms with Crippen LogP contribution in [-0.4, -0.2) is 91.5 Å². The van der Waals surface area contributed by atoms with E-state index in [1.54, 1.807) is 0 Å². The van der Waals surface area contributed by atoms with Gasteiger partial charge in [0, 0.05) is 79.5 Å². The fourth-order valence-corrected chi connectivity index (χ4v) is 7.10. The first-order chi connectivity index (χ1) is 24.2. The van der Waals surface area contributed by atoms with Crippen molar-refractivity contribution in [2.75, 3.05) is 21.1 Å². The predicted molar refractivity (Wildman–Crippen MR) is 230 cm³/mol. The summed E-state index contributed by atoms with van der Waals surface area (Å²) in [6.07, 6.45) is 26.6. The Hall–Kier alpha value is -0.800. The second-order valence-corrected chi connectivity index (χ2v) is 18.7. The minimum absolute atomic E-state index is 0. The van der Waals surface area contributed by atoms with Gasteiger partial charge in [-0.25, -0.2) is 4.79 Å². The number of halogens is 3. The van der Waals surface area contributed by atoms with E-state index in [0.717, 1.165) is 48.3 Å². The van der Waals surface area contributed by atoms with Crippen molar-refractivity contribution in [1.82, 2.24) is 19.3 Å². The zero-order chi connectivity index (χ0) is 39.8. The van der Waals surface area contributed by atoms with Crippen molar-refractivity contribution in [3.63, 3.8) is 0 Å². The van der Waals surface area contributed by atoms with E-state index in [-0.39, 0.29) is 23.8 Å². The Bertz CT molecular complexity index is 1240. The number of carboxylic acid groups (broad SMARTS) is 1. The Labute approximate surface area is 357 Å². The van der Waals surface area contributed by atoms with Gasteiger partial charge in [0.15, 0.2) is 0 Å². The van der Waals surface area contributed by atoms with E-state index in [1.165, 1.54) is 56.1 Å². The maximum atomic E-state index is 9.62. The third-order valence-electron chi connectivity index (χ3n) is 10.3. The number of piperidine rings is 2. The van der Waals surface area contributed by atoms with Crippen LogP contribution in [0.25, 0.3) is 0 Å². The molecule has 6 atom stereocenters. The monoisotopic (exact) mass is 891 g/mol. The molecule has 6 aliphatic heterocycles. The predicted octanol–water partition coefficient (Wildman–Crippen LogP) is 11.5. The van der Waals surface area contributed by atoms with Crippen LogP contribution in [0.3, 0.4) is 0 Å². The smallest absolute Gasteiger partial charge is 0.356 e. The number of aromatic nitrogens is 1. The number of likely N-dealkylation sites (N-methyl/N-ethyl adjacent to an activating group) is 2. The molecule has 311 valence electrons. The largest absolute Gasteiger partial charge is 0.478 e. The molecular weight excluding hydrogens is 819 g/mol. The summed E-state index contributed by atoms with van der Waals surface area (Å²) in [5.41, 5.74) is 2.79. The van der Waals surface area contributed by atoms with Crippen LogP contribution in [0.4, 0.5) is 0 Å². The van der Waals surface area contributed by atoms with Gasteiger partial charge >= 0.3 is 5.97 Å². The molecule has 53 heavy (non-hydrogen) atoms. The molecule has 3 saturated heterocycles. The summed E-state index contributed by atoms with van der Waals surface area (Å²) in [6, 6.07) is 8.68. The van der Waals surface area contributed by atoms with E-state index in [0.29, 0.717) is 12.1 Å². The van der Waals surface area contributed by atoms with Crippen LogP contribution in [-0.2, 0) is 34.2 Å². The molecule has 1 N–H and O–H groups in total. The normalized spacial score (nSPS) is 28.9. The summed E-state index contributed by atoms with van der Waals surface area (Å²) in [5.74, 6) is 1.30. The molecule has 7 rings (SSSR count). The van der Waals surface area contributed by atoms with Crippen LogP contribution in [0.5, 0.6) is 0 Å². The number of carboxylic acids is 1. The van der Waals surface area contributed by atoms with Crippen molar-refractivity contribution in [3.8, 4) is 0 Å². The van der Waals surface area contributed by atoms with E-state index in [9.17, 15) is 4.79 Å². The van der Waals surface area contributed by atoms with Gasteiger partial charge in [-0.2, -0.15) is 0 Å². The molecule has 0 aromatic carbocycles. The number of hydrogen-bond donors (Lipinski definition) is 1. The number of carbonyl (C=O) groups is 1. The molecule has 0 aliphatic carbocycles. The van der Waals surface area contributed by atoms with Crippen molar-refractivity contribution in [3.05, 3.63) is 72.6 Å². The standard InChI is InChI=1S/C9H17N.C9H15N.C9H13N.C5H7N.C5H10.C4H10.C2HCl3O2.Ag.H2/c3*1-7-5-8-3-4-9(6-7)10(8)2;1-6-4-2-3-5-6;1-4-5(2)3;1-4(2)3;3-2(4,5)1(6)7;;/h7-9H,3-6H2,1-2H3;3-4,7-9H,5-6H2,1-2H3;3-5,8-9H,6H2,1-2H3;2-5H,1H3;2,4H2,1,3H3;4H,1-3H3;(H,6,7);;1H. The van der Waals surface area contributed by atoms with Gasteiger partial charge in [0.1, 0.15) is 0 Å². The SMILES string of the molecule is C=C(C)CC.CC(C)C.CC1=CC2C=CC(C1)N2C.CC1CC2C=CC(C1)N2C.CC1CC2CCC(C1)N2C.Cn1cccc1.O=C(O)C(Cl)(Cl)Cl.[Ag].[HH]. The van der Waals surface area contributed by atoms with Crippen molar-refractivity contribution < 1.29 is 33.7 Å². The number of fused-ring (bicyclic) bond motifs is 6. The summed E-state index contributed by atoms with van der Waals surface area (Å²) < 4.78 is -0.167. The van der Waals surface area contributed by atoms with Gasteiger partial charge in [0.25, 0.3) is 3.79 Å². The molecule has 0 saturated carbocycles. The number of hydrogen-bond acceptors (Lipinski definition) is 4. The molecule has 1 radical (unpaired) electrons. The van der Waals surface area contributed by atoms with Gasteiger partial charge in [-0.15, -0.1) is 6.58 Å². The molecular formula is C43H75AgCl3N4O2. The molecule has 1 aromatic heterocycles. The van der Waals surface area contributed by atoms with Crippen molar-refractivity contribution in [2.45, 2.75) is 147 Å². The Morgan fingerprint density at radius 2 is 1.25 bits per heavy atom. The average Bonchev–Trinajstić information content (AvgIpc) is 3.70. The fourth-order valence-electron chi connectivity index (χ4n) is 7.10. The molecule has 6 bridgehead atoms. The summed E-state index contributed by atoms with van der Waals surface area (Å²) >= 11 is 14.4. The van der Waals surface area contributed by atoms with Crippen molar-refractivity contribution >= 4 is 40.8 Å². The summed E-state index contributed by atoms with van der Waals surface area (Å²) in [6.45, 7) is 21.3. The molecule has 1 aromatic rings. The third-order valence-corrected chi connectivity index (χ3v) is 10.8. The van der Waals surface area contributed by atoms with Gasteiger partial charge in [-0.1, -0.05) is 118 Å². The number of alkyl halides is 3. The van der Waals surface area contributed by atoms with Gasteiger partial charge in [0.05, 0.1) is 0 Å². The molecule has 6 nitrogen and oxygen atoms in total. The zero-order valence-electron chi connectivity index (χ0n) is 34.8. The first-order valence-corrected chi connectivity index (χ1v) is 20.5. The van der Waals surface area contributed by atoms with Gasteiger partial charge in [0.2, 0.25) is 0 Å². The second kappa shape index (κ2) is 26.2. The molecule has 0 spiro atoms. The van der Waals surface area contributed by atoms with Crippen molar-refractivity contribution in [2.24, 2.45) is 24.8 Å². The zero-order valence-corrected chi connectivity index (χ0v) is 38.6. The number of nitrogens with zero attached hydrogens (tertiary/aromatic N) is 4. The van der Waals surface area contributed by atoms with Gasteiger partial charge < -0.3 is 14.6 Å². The van der Waals surface area contributed by atoms with Crippen LogP contribution >= 0.6 is 34.8 Å². The number of rotatable bonds is 1. The molecule has 6 unspecified atom stereocenters. The maximum absolute atomic E-state index is 9.62. The summed E-state index contributed by atoms with van der Waals surface area (Å²) in [7, 11) is 8.73. The van der Waals surface area contributed by atoms with Crippen LogP contribution in [0.2, 0.25) is 0 Å². The molecule has 7 heterocycles. The number of allylic oxidation sites excluding steroid dienone is 1. The first kappa shape index (κ1) is 52.2. The third kappa shape index (κ3) is 20.8. The van der Waals surface area contributed by atoms with Gasteiger partial charge in [-0.3, -0.25) is 9.80 Å². The molecule has 6 aliphatic rings. The second-order valence-electron chi connectivity index (χ2n) is 16.4. The van der Waals surface area contributed by atoms with Crippen LogP contribution in [0.15, 0.2) is 72.6 Å². The summed E-state index contributed by atoms with van der Waals surface area (Å²) in [4.78, 5) is 17.1. The van der Waals surface area contributed by atoms with E-state index >= 15 is 0 Å². The van der Waals surface area contributed by atoms with E-state index < -0.39 is 9.76 Å². The van der Waals surface area contributed by atoms with Crippen LogP contribution in [0.1, 0.15) is 108 Å². The first-order valence-electron chi connectivity index (χ1n) is 19.4. The number of aliphatic carboxylic acids is 1. The topological polar surface area (TPSA) is 52.0 Å². The van der Waals surface area contributed by atoms with E-state index in [2.05, 4.69) is 121 Å². The van der Waals surface area contributed by atoms with E-state index in [1.807, 2.05) is 43.1 Å². The summed E-state index contributed by atoms with van der Waals surface area (Å²) in [5, 5.41) is 7.85. The Kier molecular flexibility index (Phi) is 25.8.